The Hall–Kier alpha value is -0.380. The van der Waals surface area contributed by atoms with Crippen molar-refractivity contribution in [1.29, 1.82) is 0 Å². The van der Waals surface area contributed by atoms with Crippen LogP contribution < -0.4 is 0 Å². The maximum Gasteiger partial charge on any atom is 0.0786 e. The molecule has 0 atom stereocenters. The summed E-state index contributed by atoms with van der Waals surface area (Å²) in [5.74, 6) is 0. The third-order valence-corrected chi connectivity index (χ3v) is 4.35. The zero-order chi connectivity index (χ0) is 9.42. The van der Waals surface area contributed by atoms with Gasteiger partial charge in [0.05, 0.1) is 6.61 Å². The molecule has 1 N–H and O–H groups in total. The molecule has 0 radical (unpaired) electrons. The van der Waals surface area contributed by atoms with Crippen LogP contribution in [0.25, 0.3) is 10.1 Å². The van der Waals surface area contributed by atoms with Gasteiger partial charge in [0.25, 0.3) is 0 Å². The smallest absolute Gasteiger partial charge is 0.0786 e. The van der Waals surface area contributed by atoms with Gasteiger partial charge in [0, 0.05) is 19.4 Å². The topological polar surface area (TPSA) is 20.2 Å². The van der Waals surface area contributed by atoms with Crippen LogP contribution in [-0.4, -0.2) is 5.11 Å². The maximum atomic E-state index is 9.09. The number of hydrogen-bond donors (Lipinski definition) is 1. The zero-order valence-corrected chi connectivity index (χ0v) is 9.58. The molecular formula is C10H9BrOS. The first-order valence-corrected chi connectivity index (χ1v) is 5.62. The summed E-state index contributed by atoms with van der Waals surface area (Å²) < 4.78 is 2.28. The molecule has 13 heavy (non-hydrogen) atoms. The minimum Gasteiger partial charge on any atom is -0.391 e. The maximum absolute atomic E-state index is 9.09. The Bertz CT molecular complexity index is 447. The van der Waals surface area contributed by atoms with Crippen LogP contribution in [0, 0.1) is 6.92 Å². The summed E-state index contributed by atoms with van der Waals surface area (Å²) in [5.41, 5.74) is 1.25. The number of aryl methyl sites for hydroxylation is 1. The molecule has 1 nitrogen and oxygen atoms in total. The number of fused-ring (bicyclic) bond motifs is 1. The largest absolute Gasteiger partial charge is 0.391 e. The fraction of sp³-hybridized carbons (Fsp3) is 0.200. The molecule has 1 heterocycles. The van der Waals surface area contributed by atoms with Crippen molar-refractivity contribution in [2.45, 2.75) is 13.5 Å². The average Bonchev–Trinajstić information content (AvgIpc) is 2.44. The highest BCUT2D eigenvalue weighted by Crippen LogP contribution is 2.37. The molecule has 1 aromatic heterocycles. The standard InChI is InChI=1S/C10H9BrOS/c1-6-3-2-4-7-9(6)10(11)8(5-12)13-7/h2-4,12H,5H2,1H3. The molecule has 1 aromatic carbocycles. The summed E-state index contributed by atoms with van der Waals surface area (Å²) in [6.45, 7) is 2.19. The van der Waals surface area contributed by atoms with Gasteiger partial charge in [-0.15, -0.1) is 11.3 Å². The van der Waals surface area contributed by atoms with Crippen molar-refractivity contribution in [2.75, 3.05) is 0 Å². The molecule has 0 aliphatic rings. The second-order valence-electron chi connectivity index (χ2n) is 2.95. The summed E-state index contributed by atoms with van der Waals surface area (Å²) in [5, 5.41) is 10.3. The van der Waals surface area contributed by atoms with Crippen LogP contribution in [0.4, 0.5) is 0 Å². The SMILES string of the molecule is Cc1cccc2sc(CO)c(Br)c12. The lowest BCUT2D eigenvalue weighted by Gasteiger charge is -1.95. The van der Waals surface area contributed by atoms with Gasteiger partial charge in [-0.25, -0.2) is 0 Å². The van der Waals surface area contributed by atoms with Crippen LogP contribution in [-0.2, 0) is 6.61 Å². The van der Waals surface area contributed by atoms with E-state index in [0.717, 1.165) is 9.35 Å². The molecule has 0 saturated carbocycles. The van der Waals surface area contributed by atoms with Gasteiger partial charge in [-0.05, 0) is 34.5 Å². The van der Waals surface area contributed by atoms with E-state index in [1.807, 2.05) is 6.07 Å². The summed E-state index contributed by atoms with van der Waals surface area (Å²) >= 11 is 5.15. The van der Waals surface area contributed by atoms with E-state index in [2.05, 4.69) is 35.0 Å². The minimum absolute atomic E-state index is 0.110. The van der Waals surface area contributed by atoms with Crippen LogP contribution in [0.15, 0.2) is 22.7 Å². The van der Waals surface area contributed by atoms with Gasteiger partial charge in [0.2, 0.25) is 0 Å². The van der Waals surface area contributed by atoms with Crippen molar-refractivity contribution in [1.82, 2.24) is 0 Å². The van der Waals surface area contributed by atoms with Crippen LogP contribution in [0.5, 0.6) is 0 Å². The van der Waals surface area contributed by atoms with Crippen molar-refractivity contribution in [3.63, 3.8) is 0 Å². The molecule has 0 aliphatic heterocycles. The second kappa shape index (κ2) is 3.40. The molecule has 0 bridgehead atoms. The molecule has 0 aliphatic carbocycles. The van der Waals surface area contributed by atoms with E-state index >= 15 is 0 Å². The number of aliphatic hydroxyl groups is 1. The van der Waals surface area contributed by atoms with E-state index in [1.54, 1.807) is 11.3 Å². The van der Waals surface area contributed by atoms with E-state index in [9.17, 15) is 0 Å². The molecule has 3 heteroatoms. The van der Waals surface area contributed by atoms with Gasteiger partial charge >= 0.3 is 0 Å². The van der Waals surface area contributed by atoms with Gasteiger partial charge in [0.15, 0.2) is 0 Å². The molecule has 2 rings (SSSR count). The van der Waals surface area contributed by atoms with E-state index < -0.39 is 0 Å². The van der Waals surface area contributed by atoms with Crippen molar-refractivity contribution in [2.24, 2.45) is 0 Å². The van der Waals surface area contributed by atoms with Gasteiger partial charge in [-0.3, -0.25) is 0 Å². The first-order chi connectivity index (χ1) is 6.24. The van der Waals surface area contributed by atoms with Crippen LogP contribution >= 0.6 is 27.3 Å². The first-order valence-electron chi connectivity index (χ1n) is 4.01. The van der Waals surface area contributed by atoms with E-state index in [4.69, 9.17) is 5.11 Å². The molecule has 68 valence electrons. The number of hydrogen-bond acceptors (Lipinski definition) is 2. The zero-order valence-electron chi connectivity index (χ0n) is 7.17. The predicted octanol–water partition coefficient (Wildman–Crippen LogP) is 3.46. The number of aliphatic hydroxyl groups excluding tert-OH is 1. The Balaban J connectivity index is 2.85. The Morgan fingerprint density at radius 2 is 2.23 bits per heavy atom. The number of benzene rings is 1. The van der Waals surface area contributed by atoms with Gasteiger partial charge < -0.3 is 5.11 Å². The Morgan fingerprint density at radius 1 is 1.46 bits per heavy atom. The predicted molar refractivity (Wildman–Crippen MR) is 60.2 cm³/mol. The van der Waals surface area contributed by atoms with Crippen molar-refractivity contribution < 1.29 is 5.11 Å². The summed E-state index contributed by atoms with van der Waals surface area (Å²) in [7, 11) is 0. The average molecular weight is 257 g/mol. The van der Waals surface area contributed by atoms with Crippen LogP contribution in [0.2, 0.25) is 0 Å². The second-order valence-corrected chi connectivity index (χ2v) is 4.88. The molecular weight excluding hydrogens is 248 g/mol. The van der Waals surface area contributed by atoms with Crippen molar-refractivity contribution in [3.8, 4) is 0 Å². The lowest BCUT2D eigenvalue weighted by molar-refractivity contribution is 0.285. The van der Waals surface area contributed by atoms with E-state index in [1.165, 1.54) is 15.6 Å². The van der Waals surface area contributed by atoms with Gasteiger partial charge in [0.1, 0.15) is 0 Å². The van der Waals surface area contributed by atoms with Crippen LogP contribution in [0.3, 0.4) is 0 Å². The highest BCUT2D eigenvalue weighted by atomic mass is 79.9. The lowest BCUT2D eigenvalue weighted by Crippen LogP contribution is -1.77. The highest BCUT2D eigenvalue weighted by Gasteiger charge is 2.09. The Labute approximate surface area is 89.1 Å². The van der Waals surface area contributed by atoms with E-state index in [0.29, 0.717) is 0 Å². The monoisotopic (exact) mass is 256 g/mol. The normalized spacial score (nSPS) is 11.0. The van der Waals surface area contributed by atoms with Crippen molar-refractivity contribution >= 4 is 37.4 Å². The molecule has 0 amide bonds. The fourth-order valence-corrected chi connectivity index (χ4v) is 3.48. The Kier molecular flexibility index (Phi) is 2.41. The van der Waals surface area contributed by atoms with Gasteiger partial charge in [-0.2, -0.15) is 0 Å². The third-order valence-electron chi connectivity index (χ3n) is 2.08. The fourth-order valence-electron chi connectivity index (χ4n) is 1.43. The molecule has 0 saturated heterocycles. The number of rotatable bonds is 1. The molecule has 0 unspecified atom stereocenters. The van der Waals surface area contributed by atoms with Gasteiger partial charge in [-0.1, -0.05) is 12.1 Å². The van der Waals surface area contributed by atoms with Crippen molar-refractivity contribution in [3.05, 3.63) is 33.1 Å². The number of thiophene rings is 1. The molecule has 2 aromatic rings. The van der Waals surface area contributed by atoms with E-state index in [-0.39, 0.29) is 6.61 Å². The summed E-state index contributed by atoms with van der Waals surface area (Å²) in [4.78, 5) is 1.00. The molecule has 0 fully saturated rings. The first kappa shape index (κ1) is 9.19. The summed E-state index contributed by atoms with van der Waals surface area (Å²) in [6.07, 6.45) is 0. The quantitative estimate of drug-likeness (QED) is 0.829. The third kappa shape index (κ3) is 1.41. The lowest BCUT2D eigenvalue weighted by atomic mass is 10.1. The highest BCUT2D eigenvalue weighted by molar-refractivity contribution is 9.10. The van der Waals surface area contributed by atoms with Crippen LogP contribution in [0.1, 0.15) is 10.4 Å². The number of halogens is 1. The minimum atomic E-state index is 0.110. The summed E-state index contributed by atoms with van der Waals surface area (Å²) in [6, 6.07) is 6.21. The molecule has 0 spiro atoms. The Morgan fingerprint density at radius 3 is 2.85 bits per heavy atom.